The van der Waals surface area contributed by atoms with Crippen LogP contribution in [-0.2, 0) is 16.4 Å². The van der Waals surface area contributed by atoms with Gasteiger partial charge in [0.2, 0.25) is 5.76 Å². The van der Waals surface area contributed by atoms with E-state index in [-0.39, 0.29) is 5.69 Å². The first kappa shape index (κ1) is 11.5. The highest BCUT2D eigenvalue weighted by molar-refractivity contribution is 5.79. The molecule has 0 atom stereocenters. The third-order valence-corrected chi connectivity index (χ3v) is 1.96. The fourth-order valence-corrected chi connectivity index (χ4v) is 0.813. The van der Waals surface area contributed by atoms with Gasteiger partial charge in [-0.05, 0) is 13.8 Å². The summed E-state index contributed by atoms with van der Waals surface area (Å²) in [5.41, 5.74) is -1.77. The highest BCUT2D eigenvalue weighted by Crippen LogP contribution is 2.32. The van der Waals surface area contributed by atoms with Crippen molar-refractivity contribution >= 4 is 5.97 Å². The highest BCUT2D eigenvalue weighted by atomic mass is 19.4. The quantitative estimate of drug-likeness (QED) is 0.833. The standard InChI is InChI=1S/C8H8F3NO3/c1-7(2,6(13)14)4-3-5(15-12-4)8(9,10)11/h3H,1-2H3,(H,13,14). The van der Waals surface area contributed by atoms with Gasteiger partial charge in [-0.25, -0.2) is 0 Å². The van der Waals surface area contributed by atoms with Gasteiger partial charge in [-0.3, -0.25) is 4.79 Å². The van der Waals surface area contributed by atoms with Crippen LogP contribution in [0.15, 0.2) is 10.6 Å². The maximum absolute atomic E-state index is 12.1. The zero-order chi connectivity index (χ0) is 11.9. The third-order valence-electron chi connectivity index (χ3n) is 1.96. The molecular formula is C8H8F3NO3. The zero-order valence-corrected chi connectivity index (χ0v) is 7.92. The maximum Gasteiger partial charge on any atom is 0.452 e. The van der Waals surface area contributed by atoms with Gasteiger partial charge in [-0.2, -0.15) is 13.2 Å². The van der Waals surface area contributed by atoms with E-state index in [1.54, 1.807) is 0 Å². The summed E-state index contributed by atoms with van der Waals surface area (Å²) < 4.78 is 40.4. The average Bonchev–Trinajstić information content (AvgIpc) is 2.50. The van der Waals surface area contributed by atoms with Crippen LogP contribution >= 0.6 is 0 Å². The lowest BCUT2D eigenvalue weighted by Crippen LogP contribution is -2.28. The number of hydrogen-bond acceptors (Lipinski definition) is 3. The summed E-state index contributed by atoms with van der Waals surface area (Å²) in [7, 11) is 0. The molecule has 0 aliphatic carbocycles. The van der Waals surface area contributed by atoms with Crippen LogP contribution in [0.4, 0.5) is 13.2 Å². The molecule has 0 unspecified atom stereocenters. The largest absolute Gasteiger partial charge is 0.481 e. The number of aliphatic carboxylic acids is 1. The molecule has 0 aromatic carbocycles. The molecule has 1 aromatic heterocycles. The van der Waals surface area contributed by atoms with E-state index >= 15 is 0 Å². The van der Waals surface area contributed by atoms with Crippen LogP contribution in [0.25, 0.3) is 0 Å². The molecule has 0 amide bonds. The van der Waals surface area contributed by atoms with Gasteiger partial charge in [0, 0.05) is 6.07 Å². The molecule has 0 saturated carbocycles. The molecule has 1 N–H and O–H groups in total. The van der Waals surface area contributed by atoms with Crippen LogP contribution in [-0.4, -0.2) is 16.2 Å². The Kier molecular flexibility index (Phi) is 2.50. The molecule has 7 heteroatoms. The van der Waals surface area contributed by atoms with Gasteiger partial charge in [0.15, 0.2) is 0 Å². The first-order valence-electron chi connectivity index (χ1n) is 3.93. The second-order valence-corrected chi connectivity index (χ2v) is 3.50. The summed E-state index contributed by atoms with van der Waals surface area (Å²) in [4.78, 5) is 10.7. The fourth-order valence-electron chi connectivity index (χ4n) is 0.813. The molecule has 4 nitrogen and oxygen atoms in total. The SMILES string of the molecule is CC(C)(C(=O)O)c1cc(C(F)(F)F)on1. The van der Waals surface area contributed by atoms with Gasteiger partial charge in [0.05, 0.1) is 0 Å². The Morgan fingerprint density at radius 1 is 1.47 bits per heavy atom. The van der Waals surface area contributed by atoms with Crippen molar-refractivity contribution in [3.05, 3.63) is 17.5 Å². The van der Waals surface area contributed by atoms with E-state index in [0.29, 0.717) is 6.07 Å². The Bertz CT molecular complexity index is 381. The third kappa shape index (κ3) is 2.11. The summed E-state index contributed by atoms with van der Waals surface area (Å²) in [6.07, 6.45) is -4.65. The molecular weight excluding hydrogens is 215 g/mol. The average molecular weight is 223 g/mol. The van der Waals surface area contributed by atoms with E-state index in [9.17, 15) is 18.0 Å². The Morgan fingerprint density at radius 2 is 2.00 bits per heavy atom. The van der Waals surface area contributed by atoms with Crippen molar-refractivity contribution in [2.75, 3.05) is 0 Å². The van der Waals surface area contributed by atoms with E-state index in [1.807, 2.05) is 0 Å². The maximum atomic E-state index is 12.1. The number of halogens is 3. The normalized spacial score (nSPS) is 12.9. The Morgan fingerprint density at radius 3 is 2.33 bits per heavy atom. The van der Waals surface area contributed by atoms with Crippen molar-refractivity contribution in [3.63, 3.8) is 0 Å². The van der Waals surface area contributed by atoms with Gasteiger partial charge in [0.1, 0.15) is 11.1 Å². The van der Waals surface area contributed by atoms with E-state index in [0.717, 1.165) is 0 Å². The fraction of sp³-hybridized carbons (Fsp3) is 0.500. The van der Waals surface area contributed by atoms with Crippen LogP contribution in [0.2, 0.25) is 0 Å². The smallest absolute Gasteiger partial charge is 0.452 e. The molecule has 0 aliphatic heterocycles. The predicted octanol–water partition coefficient (Wildman–Crippen LogP) is 2.06. The number of aromatic nitrogens is 1. The summed E-state index contributed by atoms with van der Waals surface area (Å²) in [5.74, 6) is -2.57. The number of hydrogen-bond donors (Lipinski definition) is 1. The number of carboxylic acids is 1. The second kappa shape index (κ2) is 3.25. The monoisotopic (exact) mass is 223 g/mol. The van der Waals surface area contributed by atoms with Crippen LogP contribution in [0.5, 0.6) is 0 Å². The van der Waals surface area contributed by atoms with E-state index in [2.05, 4.69) is 9.68 Å². The number of carboxylic acid groups (broad SMARTS) is 1. The second-order valence-electron chi connectivity index (χ2n) is 3.50. The minimum atomic E-state index is -4.65. The Hall–Kier alpha value is -1.53. The number of rotatable bonds is 2. The van der Waals surface area contributed by atoms with Crippen molar-refractivity contribution in [3.8, 4) is 0 Å². The van der Waals surface area contributed by atoms with Gasteiger partial charge >= 0.3 is 12.1 Å². The lowest BCUT2D eigenvalue weighted by Gasteiger charge is -2.14. The van der Waals surface area contributed by atoms with E-state index < -0.39 is 23.3 Å². The number of alkyl halides is 3. The molecule has 0 aliphatic rings. The summed E-state index contributed by atoms with van der Waals surface area (Å²) in [6.45, 7) is 2.49. The lowest BCUT2D eigenvalue weighted by atomic mass is 9.89. The number of carbonyl (C=O) groups is 1. The lowest BCUT2D eigenvalue weighted by molar-refractivity contribution is -0.155. The van der Waals surface area contributed by atoms with Crippen molar-refractivity contribution in [2.45, 2.75) is 25.4 Å². The Balaban J connectivity index is 3.10. The highest BCUT2D eigenvalue weighted by Gasteiger charge is 2.40. The van der Waals surface area contributed by atoms with Crippen molar-refractivity contribution in [2.24, 2.45) is 0 Å². The van der Waals surface area contributed by atoms with E-state index in [1.165, 1.54) is 13.8 Å². The van der Waals surface area contributed by atoms with Gasteiger partial charge in [0.25, 0.3) is 0 Å². The van der Waals surface area contributed by atoms with E-state index in [4.69, 9.17) is 5.11 Å². The molecule has 1 aromatic rings. The van der Waals surface area contributed by atoms with Crippen LogP contribution in [0.3, 0.4) is 0 Å². The predicted molar refractivity (Wildman–Crippen MR) is 42.2 cm³/mol. The molecule has 1 heterocycles. The minimum Gasteiger partial charge on any atom is -0.481 e. The topological polar surface area (TPSA) is 63.3 Å². The Labute approximate surface area is 82.7 Å². The molecule has 0 saturated heterocycles. The summed E-state index contributed by atoms with van der Waals surface area (Å²) in [6, 6.07) is 0.591. The van der Waals surface area contributed by atoms with Gasteiger partial charge in [-0.15, -0.1) is 0 Å². The molecule has 1 rings (SSSR count). The molecule has 0 bridgehead atoms. The van der Waals surface area contributed by atoms with Gasteiger partial charge in [-0.1, -0.05) is 5.16 Å². The summed E-state index contributed by atoms with van der Waals surface area (Å²) >= 11 is 0. The van der Waals surface area contributed by atoms with Crippen LogP contribution in [0.1, 0.15) is 25.3 Å². The first-order chi connectivity index (χ1) is 6.65. The minimum absolute atomic E-state index is 0.262. The molecule has 0 fully saturated rings. The number of nitrogens with zero attached hydrogens (tertiary/aromatic N) is 1. The van der Waals surface area contributed by atoms with Crippen molar-refractivity contribution in [1.82, 2.24) is 5.16 Å². The summed E-state index contributed by atoms with van der Waals surface area (Å²) in [5, 5.41) is 11.8. The first-order valence-corrected chi connectivity index (χ1v) is 3.93. The molecule has 0 radical (unpaired) electrons. The van der Waals surface area contributed by atoms with Crippen LogP contribution in [0, 0.1) is 0 Å². The molecule has 84 valence electrons. The van der Waals surface area contributed by atoms with Crippen molar-refractivity contribution < 1.29 is 27.6 Å². The van der Waals surface area contributed by atoms with Gasteiger partial charge < -0.3 is 9.63 Å². The van der Waals surface area contributed by atoms with Crippen LogP contribution < -0.4 is 0 Å². The molecule has 0 spiro atoms. The molecule has 15 heavy (non-hydrogen) atoms. The zero-order valence-electron chi connectivity index (χ0n) is 7.92. The van der Waals surface area contributed by atoms with Crippen molar-refractivity contribution in [1.29, 1.82) is 0 Å².